The van der Waals surface area contributed by atoms with Crippen LogP contribution < -0.4 is 18.9 Å². The van der Waals surface area contributed by atoms with Crippen LogP contribution in [0.25, 0.3) is 0 Å². The van der Waals surface area contributed by atoms with Crippen LogP contribution in [0, 0.1) is 6.92 Å². The zero-order valence-corrected chi connectivity index (χ0v) is 4.41. The molecule has 1 heteroatoms. The molecule has 6 heavy (non-hydrogen) atoms. The second-order valence-electron chi connectivity index (χ2n) is 0.931. The number of hydrogen-bond donors (Lipinski definition) is 0. The van der Waals surface area contributed by atoms with E-state index in [2.05, 4.69) is 13.5 Å². The van der Waals surface area contributed by atoms with Crippen LogP contribution in [0.4, 0.5) is 0 Å². The predicted octanol–water partition coefficient (Wildman–Crippen LogP) is -1.21. The molecule has 0 fully saturated rings. The quantitative estimate of drug-likeness (QED) is 0.220. The van der Waals surface area contributed by atoms with Gasteiger partial charge < -0.3 is 6.92 Å². The Morgan fingerprint density at radius 3 is 2.17 bits per heavy atom. The zero-order chi connectivity index (χ0) is 4.12. The van der Waals surface area contributed by atoms with Gasteiger partial charge in [0.05, 0.1) is 0 Å². The van der Waals surface area contributed by atoms with Crippen molar-refractivity contribution in [3.8, 4) is 0 Å². The standard InChI is InChI=1S/C5H9.Li/c1-3-5-4-2;/h3H,1-2,4-5H2;/q-1;+1. The normalized spacial score (nSPS) is 6.17. The molecule has 0 amide bonds. The molecule has 0 nitrogen and oxygen atoms in total. The Morgan fingerprint density at radius 2 is 2.17 bits per heavy atom. The molecule has 0 spiro atoms. The Balaban J connectivity index is 0. The first-order valence-corrected chi connectivity index (χ1v) is 1.82. The van der Waals surface area contributed by atoms with Crippen LogP contribution in [-0.4, -0.2) is 0 Å². The molecule has 30 valence electrons. The van der Waals surface area contributed by atoms with E-state index in [4.69, 9.17) is 0 Å². The third kappa shape index (κ3) is 8.84. The summed E-state index contributed by atoms with van der Waals surface area (Å²) in [5, 5.41) is 0. The molecule has 0 radical (unpaired) electrons. The van der Waals surface area contributed by atoms with Gasteiger partial charge in [-0.3, -0.25) is 0 Å². The second kappa shape index (κ2) is 9.02. The summed E-state index contributed by atoms with van der Waals surface area (Å²) in [4.78, 5) is 0. The summed E-state index contributed by atoms with van der Waals surface area (Å²) < 4.78 is 0. The van der Waals surface area contributed by atoms with Gasteiger partial charge >= 0.3 is 18.9 Å². The van der Waals surface area contributed by atoms with E-state index in [-0.39, 0.29) is 18.9 Å². The van der Waals surface area contributed by atoms with Crippen molar-refractivity contribution in [3.05, 3.63) is 19.6 Å². The maximum absolute atomic E-state index is 3.60. The molecule has 0 aromatic rings. The Morgan fingerprint density at radius 1 is 1.67 bits per heavy atom. The molecular formula is C5H9Li. The van der Waals surface area contributed by atoms with Gasteiger partial charge in [-0.1, -0.05) is 12.5 Å². The molecule has 0 bridgehead atoms. The summed E-state index contributed by atoms with van der Waals surface area (Å²) in [6, 6.07) is 0. The van der Waals surface area contributed by atoms with Crippen molar-refractivity contribution in [2.45, 2.75) is 12.8 Å². The van der Waals surface area contributed by atoms with Crippen molar-refractivity contribution in [3.63, 3.8) is 0 Å². The fourth-order valence-electron chi connectivity index (χ4n) is 0.144. The second-order valence-corrected chi connectivity index (χ2v) is 0.931. The van der Waals surface area contributed by atoms with Crippen molar-refractivity contribution >= 4 is 0 Å². The van der Waals surface area contributed by atoms with Crippen LogP contribution in [0.3, 0.4) is 0 Å². The summed E-state index contributed by atoms with van der Waals surface area (Å²) in [6.45, 7) is 7.11. The molecule has 0 saturated heterocycles. The number of allylic oxidation sites excluding steroid dienone is 1. The Kier molecular flexibility index (Phi) is 14.4. The maximum atomic E-state index is 3.60. The van der Waals surface area contributed by atoms with E-state index >= 15 is 0 Å². The molecule has 0 atom stereocenters. The SMILES string of the molecule is C=CCC[CH2-].[Li+]. The summed E-state index contributed by atoms with van der Waals surface area (Å²) >= 11 is 0. The minimum absolute atomic E-state index is 0. The van der Waals surface area contributed by atoms with Crippen LogP contribution in [0.5, 0.6) is 0 Å². The molecule has 0 aromatic carbocycles. The average Bonchev–Trinajstić information content (AvgIpc) is 1.41. The fraction of sp³-hybridized carbons (Fsp3) is 0.400. The van der Waals surface area contributed by atoms with Gasteiger partial charge in [-0.05, 0) is 0 Å². The fourth-order valence-corrected chi connectivity index (χ4v) is 0.144. The van der Waals surface area contributed by atoms with Gasteiger partial charge in [-0.15, -0.1) is 6.58 Å². The van der Waals surface area contributed by atoms with Gasteiger partial charge in [0, 0.05) is 0 Å². The largest absolute Gasteiger partial charge is 1.00 e. The smallest absolute Gasteiger partial charge is 0.343 e. The van der Waals surface area contributed by atoms with Gasteiger partial charge in [-0.25, -0.2) is 0 Å². The molecule has 0 aliphatic heterocycles. The molecule has 0 aromatic heterocycles. The number of rotatable bonds is 2. The topological polar surface area (TPSA) is 0 Å². The van der Waals surface area contributed by atoms with Crippen molar-refractivity contribution in [1.82, 2.24) is 0 Å². The van der Waals surface area contributed by atoms with Gasteiger partial charge in [0.25, 0.3) is 0 Å². The van der Waals surface area contributed by atoms with E-state index in [1.807, 2.05) is 6.08 Å². The summed E-state index contributed by atoms with van der Waals surface area (Å²) in [5.41, 5.74) is 0. The van der Waals surface area contributed by atoms with Crippen molar-refractivity contribution in [2.75, 3.05) is 0 Å². The Labute approximate surface area is 51.8 Å². The monoisotopic (exact) mass is 76.1 g/mol. The third-order valence-electron chi connectivity index (χ3n) is 0.408. The van der Waals surface area contributed by atoms with Crippen molar-refractivity contribution < 1.29 is 18.9 Å². The number of hydrogen-bond acceptors (Lipinski definition) is 0. The molecule has 0 aliphatic carbocycles. The summed E-state index contributed by atoms with van der Waals surface area (Å²) in [6.07, 6.45) is 3.89. The number of unbranched alkanes of at least 4 members (excludes halogenated alkanes) is 1. The van der Waals surface area contributed by atoms with Crippen LogP contribution in [0.2, 0.25) is 0 Å². The summed E-state index contributed by atoms with van der Waals surface area (Å²) in [7, 11) is 0. The van der Waals surface area contributed by atoms with Crippen LogP contribution in [0.15, 0.2) is 12.7 Å². The third-order valence-corrected chi connectivity index (χ3v) is 0.408. The summed E-state index contributed by atoms with van der Waals surface area (Å²) in [5.74, 6) is 0. The predicted molar refractivity (Wildman–Crippen MR) is 24.8 cm³/mol. The van der Waals surface area contributed by atoms with Crippen LogP contribution >= 0.6 is 0 Å². The van der Waals surface area contributed by atoms with Gasteiger partial charge in [0.2, 0.25) is 0 Å². The first-order chi connectivity index (χ1) is 2.41. The van der Waals surface area contributed by atoms with Gasteiger partial charge in [0.1, 0.15) is 0 Å². The van der Waals surface area contributed by atoms with E-state index in [9.17, 15) is 0 Å². The van der Waals surface area contributed by atoms with Crippen LogP contribution in [-0.2, 0) is 0 Å². The molecular weight excluding hydrogens is 67.0 g/mol. The minimum Gasteiger partial charge on any atom is -0.343 e. The van der Waals surface area contributed by atoms with Gasteiger partial charge in [-0.2, -0.15) is 6.42 Å². The molecule has 0 saturated carbocycles. The van der Waals surface area contributed by atoms with Gasteiger partial charge in [0.15, 0.2) is 0 Å². The van der Waals surface area contributed by atoms with E-state index in [1.165, 1.54) is 0 Å². The van der Waals surface area contributed by atoms with E-state index in [1.54, 1.807) is 0 Å². The van der Waals surface area contributed by atoms with E-state index in [0.717, 1.165) is 12.8 Å². The molecule has 0 heterocycles. The average molecular weight is 76.1 g/mol. The van der Waals surface area contributed by atoms with E-state index in [0.29, 0.717) is 0 Å². The molecule has 0 aliphatic rings. The Bertz CT molecular complexity index is 25.1. The first-order valence-electron chi connectivity index (χ1n) is 1.82. The molecule has 0 N–H and O–H groups in total. The zero-order valence-electron chi connectivity index (χ0n) is 4.41. The van der Waals surface area contributed by atoms with Crippen molar-refractivity contribution in [1.29, 1.82) is 0 Å². The maximum Gasteiger partial charge on any atom is 1.00 e. The van der Waals surface area contributed by atoms with E-state index < -0.39 is 0 Å². The van der Waals surface area contributed by atoms with Crippen molar-refractivity contribution in [2.24, 2.45) is 0 Å². The Hall–Kier alpha value is 0.337. The first kappa shape index (κ1) is 9.60. The van der Waals surface area contributed by atoms with Crippen LogP contribution in [0.1, 0.15) is 12.8 Å². The minimum atomic E-state index is 0. The molecule has 0 unspecified atom stereocenters. The molecule has 0 rings (SSSR count).